The third kappa shape index (κ3) is 6.72. The maximum atomic E-state index is 11.1. The Morgan fingerprint density at radius 1 is 1.38 bits per heavy atom. The summed E-state index contributed by atoms with van der Waals surface area (Å²) in [4.78, 5) is 13.1. The van der Waals surface area contributed by atoms with E-state index in [2.05, 4.69) is 0 Å². The molecule has 0 aromatic heterocycles. The van der Waals surface area contributed by atoms with Crippen molar-refractivity contribution in [2.45, 2.75) is 39.7 Å². The van der Waals surface area contributed by atoms with Crippen LogP contribution in [0.5, 0.6) is 0 Å². The molecule has 0 aliphatic carbocycles. The van der Waals surface area contributed by atoms with Gasteiger partial charge in [-0.3, -0.25) is 9.69 Å². The zero-order valence-corrected chi connectivity index (χ0v) is 9.13. The number of rotatable bonds is 6. The van der Waals surface area contributed by atoms with Gasteiger partial charge in [0.15, 0.2) is 0 Å². The molecule has 0 aliphatic rings. The minimum absolute atomic E-state index is 0.228. The first-order valence-corrected chi connectivity index (χ1v) is 4.85. The first-order chi connectivity index (χ1) is 5.89. The van der Waals surface area contributed by atoms with Crippen molar-refractivity contribution in [1.29, 1.82) is 0 Å². The summed E-state index contributed by atoms with van der Waals surface area (Å²) in [6, 6.07) is 0. The molecule has 0 aliphatic heterocycles. The Kier molecular flexibility index (Phi) is 5.18. The number of ketones is 1. The summed E-state index contributed by atoms with van der Waals surface area (Å²) in [7, 11) is 0. The summed E-state index contributed by atoms with van der Waals surface area (Å²) < 4.78 is 0. The van der Waals surface area contributed by atoms with Crippen LogP contribution in [0.1, 0.15) is 34.1 Å². The summed E-state index contributed by atoms with van der Waals surface area (Å²) in [6.07, 6.45) is 0.572. The molecular formula is C10H21NO2. The van der Waals surface area contributed by atoms with Gasteiger partial charge in [0.1, 0.15) is 5.78 Å². The number of carbonyl (C=O) groups excluding carboxylic acids is 1. The van der Waals surface area contributed by atoms with Crippen LogP contribution in [0.25, 0.3) is 0 Å². The van der Waals surface area contributed by atoms with Gasteiger partial charge in [-0.2, -0.15) is 0 Å². The monoisotopic (exact) mass is 187 g/mol. The fraction of sp³-hybridized carbons (Fsp3) is 0.900. The predicted molar refractivity (Wildman–Crippen MR) is 53.7 cm³/mol. The van der Waals surface area contributed by atoms with Crippen molar-refractivity contribution in [3.05, 3.63) is 0 Å². The Balaban J connectivity index is 3.97. The normalized spacial score (nSPS) is 12.2. The Hall–Kier alpha value is -0.410. The third-order valence-corrected chi connectivity index (χ3v) is 1.85. The second-order valence-corrected chi connectivity index (χ2v) is 4.01. The Bertz CT molecular complexity index is 161. The number of hydrogen-bond donors (Lipinski definition) is 1. The van der Waals surface area contributed by atoms with Crippen LogP contribution in [0.3, 0.4) is 0 Å². The molecule has 0 atom stereocenters. The van der Waals surface area contributed by atoms with Crippen LogP contribution in [-0.4, -0.2) is 41.0 Å². The van der Waals surface area contributed by atoms with Crippen LogP contribution >= 0.6 is 0 Å². The average Bonchev–Trinajstić information content (AvgIpc) is 2.00. The summed E-state index contributed by atoms with van der Waals surface area (Å²) in [5.74, 6) is 0.228. The Labute approximate surface area is 80.7 Å². The van der Waals surface area contributed by atoms with Gasteiger partial charge in [0, 0.05) is 13.0 Å². The van der Waals surface area contributed by atoms with E-state index in [9.17, 15) is 9.90 Å². The van der Waals surface area contributed by atoms with Crippen molar-refractivity contribution in [2.75, 3.05) is 19.6 Å². The maximum Gasteiger partial charge on any atom is 0.146 e. The predicted octanol–water partition coefficient (Wildman–Crippen LogP) is 1.06. The number of hydrogen-bond acceptors (Lipinski definition) is 3. The molecule has 0 amide bonds. The molecule has 0 spiro atoms. The van der Waals surface area contributed by atoms with Crippen molar-refractivity contribution in [2.24, 2.45) is 0 Å². The van der Waals surface area contributed by atoms with E-state index in [1.807, 2.05) is 18.7 Å². The number of nitrogens with zero attached hydrogens (tertiary/aromatic N) is 1. The SMILES string of the molecule is CCC(=O)CN(CC)CC(C)(C)O. The van der Waals surface area contributed by atoms with Crippen molar-refractivity contribution in [3.8, 4) is 0 Å². The average molecular weight is 187 g/mol. The number of likely N-dealkylation sites (N-methyl/N-ethyl adjacent to an activating group) is 1. The third-order valence-electron chi connectivity index (χ3n) is 1.85. The van der Waals surface area contributed by atoms with E-state index >= 15 is 0 Å². The number of Topliss-reactive ketones (excluding diaryl/α,β-unsaturated/α-hetero) is 1. The second kappa shape index (κ2) is 5.35. The van der Waals surface area contributed by atoms with Crippen LogP contribution in [0, 0.1) is 0 Å². The molecule has 0 saturated carbocycles. The van der Waals surface area contributed by atoms with Crippen LogP contribution < -0.4 is 0 Å². The largest absolute Gasteiger partial charge is 0.389 e. The van der Waals surface area contributed by atoms with E-state index in [1.165, 1.54) is 0 Å². The van der Waals surface area contributed by atoms with Gasteiger partial charge in [-0.15, -0.1) is 0 Å². The fourth-order valence-electron chi connectivity index (χ4n) is 1.19. The van der Waals surface area contributed by atoms with Gasteiger partial charge in [0.2, 0.25) is 0 Å². The lowest BCUT2D eigenvalue weighted by Gasteiger charge is -2.27. The van der Waals surface area contributed by atoms with E-state index in [1.54, 1.807) is 13.8 Å². The molecule has 0 rings (SSSR count). The lowest BCUT2D eigenvalue weighted by molar-refractivity contribution is -0.120. The van der Waals surface area contributed by atoms with Crippen LogP contribution in [-0.2, 0) is 4.79 Å². The van der Waals surface area contributed by atoms with E-state index < -0.39 is 5.60 Å². The van der Waals surface area contributed by atoms with Gasteiger partial charge in [-0.05, 0) is 20.4 Å². The first kappa shape index (κ1) is 12.6. The van der Waals surface area contributed by atoms with Gasteiger partial charge in [-0.1, -0.05) is 13.8 Å². The lowest BCUT2D eigenvalue weighted by atomic mass is 10.1. The molecule has 3 heteroatoms. The van der Waals surface area contributed by atoms with E-state index in [0.29, 0.717) is 19.5 Å². The lowest BCUT2D eigenvalue weighted by Crippen LogP contribution is -2.41. The standard InChI is InChI=1S/C10H21NO2/c1-5-9(12)7-11(6-2)8-10(3,4)13/h13H,5-8H2,1-4H3. The zero-order chi connectivity index (χ0) is 10.5. The summed E-state index contributed by atoms with van der Waals surface area (Å²) in [6.45, 7) is 9.18. The highest BCUT2D eigenvalue weighted by molar-refractivity contribution is 5.80. The highest BCUT2D eigenvalue weighted by atomic mass is 16.3. The van der Waals surface area contributed by atoms with Crippen molar-refractivity contribution < 1.29 is 9.90 Å². The highest BCUT2D eigenvalue weighted by Gasteiger charge is 2.18. The van der Waals surface area contributed by atoms with Crippen molar-refractivity contribution in [3.63, 3.8) is 0 Å². The minimum atomic E-state index is -0.718. The maximum absolute atomic E-state index is 11.1. The van der Waals surface area contributed by atoms with Gasteiger partial charge in [-0.25, -0.2) is 0 Å². The summed E-state index contributed by atoms with van der Waals surface area (Å²) in [5, 5.41) is 9.55. The van der Waals surface area contributed by atoms with E-state index in [-0.39, 0.29) is 5.78 Å². The molecule has 3 nitrogen and oxygen atoms in total. The quantitative estimate of drug-likeness (QED) is 0.676. The molecule has 0 unspecified atom stereocenters. The smallest absolute Gasteiger partial charge is 0.146 e. The molecular weight excluding hydrogens is 166 g/mol. The molecule has 78 valence electrons. The molecule has 0 bridgehead atoms. The topological polar surface area (TPSA) is 40.5 Å². The Morgan fingerprint density at radius 3 is 2.23 bits per heavy atom. The molecule has 0 aromatic carbocycles. The number of aliphatic hydroxyl groups is 1. The first-order valence-electron chi connectivity index (χ1n) is 4.85. The van der Waals surface area contributed by atoms with Crippen molar-refractivity contribution in [1.82, 2.24) is 4.90 Å². The van der Waals surface area contributed by atoms with E-state index in [4.69, 9.17) is 0 Å². The van der Waals surface area contributed by atoms with Gasteiger partial charge in [0.05, 0.1) is 12.1 Å². The number of carbonyl (C=O) groups is 1. The zero-order valence-electron chi connectivity index (χ0n) is 9.13. The van der Waals surface area contributed by atoms with Crippen LogP contribution in [0.4, 0.5) is 0 Å². The van der Waals surface area contributed by atoms with Crippen LogP contribution in [0.2, 0.25) is 0 Å². The van der Waals surface area contributed by atoms with Gasteiger partial charge in [0.25, 0.3) is 0 Å². The van der Waals surface area contributed by atoms with Gasteiger partial charge < -0.3 is 5.11 Å². The molecule has 13 heavy (non-hydrogen) atoms. The molecule has 0 saturated heterocycles. The summed E-state index contributed by atoms with van der Waals surface area (Å²) in [5.41, 5.74) is -0.718. The summed E-state index contributed by atoms with van der Waals surface area (Å²) >= 11 is 0. The van der Waals surface area contributed by atoms with Crippen molar-refractivity contribution >= 4 is 5.78 Å². The van der Waals surface area contributed by atoms with Gasteiger partial charge >= 0.3 is 0 Å². The Morgan fingerprint density at radius 2 is 1.92 bits per heavy atom. The molecule has 0 aromatic rings. The minimum Gasteiger partial charge on any atom is -0.389 e. The van der Waals surface area contributed by atoms with Crippen LogP contribution in [0.15, 0.2) is 0 Å². The molecule has 0 radical (unpaired) electrons. The molecule has 0 fully saturated rings. The molecule has 0 heterocycles. The highest BCUT2D eigenvalue weighted by Crippen LogP contribution is 2.04. The molecule has 1 N–H and O–H groups in total. The fourth-order valence-corrected chi connectivity index (χ4v) is 1.19. The van der Waals surface area contributed by atoms with E-state index in [0.717, 1.165) is 6.54 Å². The second-order valence-electron chi connectivity index (χ2n) is 4.01.